The summed E-state index contributed by atoms with van der Waals surface area (Å²) in [6.07, 6.45) is 0.801. The number of carbonyl (C=O) groups excluding carboxylic acids is 3. The van der Waals surface area contributed by atoms with E-state index >= 15 is 0 Å². The van der Waals surface area contributed by atoms with Crippen LogP contribution in [-0.4, -0.2) is 31.1 Å². The lowest BCUT2D eigenvalue weighted by Gasteiger charge is -2.07. The highest BCUT2D eigenvalue weighted by Gasteiger charge is 2.17. The summed E-state index contributed by atoms with van der Waals surface area (Å²) in [6.45, 7) is 2.94. The van der Waals surface area contributed by atoms with Crippen LogP contribution < -0.4 is 10.0 Å². The summed E-state index contributed by atoms with van der Waals surface area (Å²) in [5, 5.41) is 12.3. The molecule has 3 N–H and O–H groups in total. The van der Waals surface area contributed by atoms with E-state index in [-0.39, 0.29) is 16.3 Å². The van der Waals surface area contributed by atoms with Gasteiger partial charge in [0, 0.05) is 24.3 Å². The van der Waals surface area contributed by atoms with E-state index in [9.17, 15) is 27.9 Å². The van der Waals surface area contributed by atoms with Gasteiger partial charge in [-0.2, -0.15) is 0 Å². The third-order valence-corrected chi connectivity index (χ3v) is 4.99. The maximum atomic E-state index is 12.0. The molecule has 2 aromatic rings. The second-order valence-electron chi connectivity index (χ2n) is 5.90. The van der Waals surface area contributed by atoms with Crippen LogP contribution >= 0.6 is 0 Å². The highest BCUT2D eigenvalue weighted by atomic mass is 32.2. The van der Waals surface area contributed by atoms with Crippen LogP contribution in [0.2, 0.25) is 0 Å². The van der Waals surface area contributed by atoms with Crippen molar-refractivity contribution in [1.29, 1.82) is 0 Å². The smallest absolute Gasteiger partial charge is 0.296 e. The molecule has 0 aliphatic rings. The molecule has 2 aromatic carbocycles. The first kappa shape index (κ1) is 20.8. The van der Waals surface area contributed by atoms with Crippen molar-refractivity contribution in [2.75, 3.05) is 5.32 Å². The van der Waals surface area contributed by atoms with E-state index in [4.69, 9.17) is 0 Å². The zero-order valence-corrected chi connectivity index (χ0v) is 15.9. The van der Waals surface area contributed by atoms with Gasteiger partial charge in [-0.3, -0.25) is 14.4 Å². The van der Waals surface area contributed by atoms with Gasteiger partial charge in [0.15, 0.2) is 0 Å². The number of rotatable bonds is 6. The van der Waals surface area contributed by atoms with Crippen molar-refractivity contribution in [3.63, 3.8) is 0 Å². The summed E-state index contributed by atoms with van der Waals surface area (Å²) in [6, 6.07) is 11.6. The third-order valence-electron chi connectivity index (χ3n) is 3.54. The minimum atomic E-state index is -3.99. The first-order valence-electron chi connectivity index (χ1n) is 8.05. The van der Waals surface area contributed by atoms with Crippen LogP contribution in [0.4, 0.5) is 5.69 Å². The van der Waals surface area contributed by atoms with Crippen molar-refractivity contribution >= 4 is 39.1 Å². The number of sulfonamides is 1. The van der Waals surface area contributed by atoms with Gasteiger partial charge in [0.25, 0.3) is 15.9 Å². The Morgan fingerprint density at radius 3 is 2.07 bits per heavy atom. The quantitative estimate of drug-likeness (QED) is 0.385. The van der Waals surface area contributed by atoms with Gasteiger partial charge in [0.2, 0.25) is 11.7 Å². The molecule has 0 bridgehead atoms. The van der Waals surface area contributed by atoms with Gasteiger partial charge >= 0.3 is 0 Å². The average Bonchev–Trinajstić information content (AvgIpc) is 2.61. The lowest BCUT2D eigenvalue weighted by molar-refractivity contribution is -0.131. The van der Waals surface area contributed by atoms with E-state index in [1.54, 1.807) is 24.3 Å². The van der Waals surface area contributed by atoms with Crippen molar-refractivity contribution in [3.05, 3.63) is 65.7 Å². The molecular weight excluding hydrogens is 384 g/mol. The Bertz CT molecular complexity index is 1040. The number of aliphatic hydroxyl groups excluding tert-OH is 1. The van der Waals surface area contributed by atoms with E-state index in [1.807, 2.05) is 11.6 Å². The molecular formula is C19H18N2O6S. The van der Waals surface area contributed by atoms with Gasteiger partial charge in [0.1, 0.15) is 5.76 Å². The van der Waals surface area contributed by atoms with Gasteiger partial charge in [0.05, 0.1) is 4.90 Å². The normalized spacial score (nSPS) is 11.6. The Morgan fingerprint density at radius 2 is 1.54 bits per heavy atom. The number of hydrogen-bond donors (Lipinski definition) is 3. The Balaban J connectivity index is 2.08. The first-order valence-corrected chi connectivity index (χ1v) is 9.53. The van der Waals surface area contributed by atoms with Crippen LogP contribution in [0.1, 0.15) is 18.1 Å². The second-order valence-corrected chi connectivity index (χ2v) is 7.58. The Labute approximate surface area is 161 Å². The zero-order chi connectivity index (χ0) is 20.9. The number of aryl methyl sites for hydroxylation is 1. The predicted molar refractivity (Wildman–Crippen MR) is 103 cm³/mol. The maximum Gasteiger partial charge on any atom is 0.296 e. The van der Waals surface area contributed by atoms with Gasteiger partial charge in [-0.05, 0) is 31.2 Å². The number of anilines is 1. The minimum Gasteiger partial charge on any atom is -0.507 e. The monoisotopic (exact) mass is 402 g/mol. The number of aliphatic hydroxyl groups is 1. The van der Waals surface area contributed by atoms with E-state index in [0.29, 0.717) is 5.56 Å². The molecule has 0 saturated heterocycles. The Morgan fingerprint density at radius 1 is 0.964 bits per heavy atom. The summed E-state index contributed by atoms with van der Waals surface area (Å²) in [4.78, 5) is 34.7. The molecule has 0 atom stereocenters. The Kier molecular flexibility index (Phi) is 6.32. The molecule has 0 aromatic heterocycles. The summed E-state index contributed by atoms with van der Waals surface area (Å²) in [7, 11) is -3.99. The fraction of sp³-hybridized carbons (Fsp3) is 0.105. The zero-order valence-electron chi connectivity index (χ0n) is 15.1. The highest BCUT2D eigenvalue weighted by Crippen LogP contribution is 2.15. The van der Waals surface area contributed by atoms with Crippen LogP contribution in [0, 0.1) is 6.92 Å². The lowest BCUT2D eigenvalue weighted by atomic mass is 10.1. The van der Waals surface area contributed by atoms with Crippen molar-refractivity contribution < 1.29 is 27.9 Å². The van der Waals surface area contributed by atoms with Crippen molar-refractivity contribution in [2.24, 2.45) is 0 Å². The average molecular weight is 402 g/mol. The largest absolute Gasteiger partial charge is 0.507 e. The van der Waals surface area contributed by atoms with E-state index < -0.39 is 27.6 Å². The molecule has 0 fully saturated rings. The van der Waals surface area contributed by atoms with Crippen molar-refractivity contribution in [2.45, 2.75) is 18.7 Å². The third kappa shape index (κ3) is 5.52. The maximum absolute atomic E-state index is 12.0. The SMILES string of the molecule is CC(=O)NS(=O)(=O)c1ccc(NC(=O)C(=O)/C=C(\O)c2ccc(C)cc2)cc1. The van der Waals surface area contributed by atoms with Crippen LogP contribution in [0.3, 0.4) is 0 Å². The Hall–Kier alpha value is -3.46. The van der Waals surface area contributed by atoms with E-state index in [2.05, 4.69) is 5.32 Å². The number of nitrogens with one attached hydrogen (secondary N) is 2. The molecule has 146 valence electrons. The van der Waals surface area contributed by atoms with Gasteiger partial charge in [-0.25, -0.2) is 13.1 Å². The van der Waals surface area contributed by atoms with Crippen LogP contribution in [0.5, 0.6) is 0 Å². The number of ketones is 1. The predicted octanol–water partition coefficient (Wildman–Crippen LogP) is 1.93. The fourth-order valence-corrected chi connectivity index (χ4v) is 3.15. The summed E-state index contributed by atoms with van der Waals surface area (Å²) < 4.78 is 25.5. The topological polar surface area (TPSA) is 130 Å². The standard InChI is InChI=1S/C19H18N2O6S/c1-12-3-5-14(6-4-12)17(23)11-18(24)19(25)20-15-7-9-16(10-8-15)28(26,27)21-13(2)22/h3-11,23H,1-2H3,(H,20,25)(H,21,22)/b17-11-. The van der Waals surface area contributed by atoms with Gasteiger partial charge in [-0.1, -0.05) is 29.8 Å². The molecule has 2 rings (SSSR count). The summed E-state index contributed by atoms with van der Waals surface area (Å²) in [5.41, 5.74) is 1.53. The minimum absolute atomic E-state index is 0.170. The van der Waals surface area contributed by atoms with Gasteiger partial charge in [-0.15, -0.1) is 0 Å². The number of carbonyl (C=O) groups is 3. The first-order chi connectivity index (χ1) is 13.1. The summed E-state index contributed by atoms with van der Waals surface area (Å²) in [5.74, 6) is -3.07. The lowest BCUT2D eigenvalue weighted by Crippen LogP contribution is -2.28. The van der Waals surface area contributed by atoms with E-state index in [0.717, 1.165) is 18.6 Å². The second kappa shape index (κ2) is 8.49. The highest BCUT2D eigenvalue weighted by molar-refractivity contribution is 7.90. The molecule has 9 heteroatoms. The van der Waals surface area contributed by atoms with Crippen LogP contribution in [-0.2, 0) is 24.4 Å². The number of amides is 2. The molecule has 8 nitrogen and oxygen atoms in total. The molecule has 0 saturated carbocycles. The molecule has 0 aliphatic heterocycles. The molecule has 28 heavy (non-hydrogen) atoms. The summed E-state index contributed by atoms with van der Waals surface area (Å²) >= 11 is 0. The van der Waals surface area contributed by atoms with Crippen molar-refractivity contribution in [1.82, 2.24) is 4.72 Å². The van der Waals surface area contributed by atoms with E-state index in [1.165, 1.54) is 24.3 Å². The van der Waals surface area contributed by atoms with Crippen molar-refractivity contribution in [3.8, 4) is 0 Å². The number of benzene rings is 2. The molecule has 0 radical (unpaired) electrons. The van der Waals surface area contributed by atoms with Gasteiger partial charge < -0.3 is 10.4 Å². The van der Waals surface area contributed by atoms with Crippen LogP contribution in [0.25, 0.3) is 5.76 Å². The molecule has 0 unspecified atom stereocenters. The molecule has 0 spiro atoms. The van der Waals surface area contributed by atoms with Crippen LogP contribution in [0.15, 0.2) is 59.5 Å². The molecule has 2 amide bonds. The molecule has 0 aliphatic carbocycles. The number of hydrogen-bond acceptors (Lipinski definition) is 6. The molecule has 0 heterocycles. The fourth-order valence-electron chi connectivity index (χ4n) is 2.16.